The summed E-state index contributed by atoms with van der Waals surface area (Å²) in [6.07, 6.45) is -0.232. The van der Waals surface area contributed by atoms with E-state index in [1.807, 2.05) is 37.3 Å². The molecule has 0 spiro atoms. The van der Waals surface area contributed by atoms with Gasteiger partial charge in [0.2, 0.25) is 0 Å². The van der Waals surface area contributed by atoms with Crippen LogP contribution in [0.3, 0.4) is 0 Å². The average molecular weight is 313 g/mol. The zero-order valence-corrected chi connectivity index (χ0v) is 14.1. The van der Waals surface area contributed by atoms with Gasteiger partial charge in [0.25, 0.3) is 0 Å². The van der Waals surface area contributed by atoms with Crippen LogP contribution in [0.15, 0.2) is 42.5 Å². The van der Waals surface area contributed by atoms with Gasteiger partial charge in [0.1, 0.15) is 0 Å². The zero-order chi connectivity index (χ0) is 16.4. The van der Waals surface area contributed by atoms with E-state index in [4.69, 9.17) is 14.2 Å². The van der Waals surface area contributed by atoms with Crippen molar-refractivity contribution < 1.29 is 14.2 Å². The second-order valence-corrected chi connectivity index (χ2v) is 6.04. The van der Waals surface area contributed by atoms with Crippen LogP contribution in [0.1, 0.15) is 38.1 Å². The highest BCUT2D eigenvalue weighted by Crippen LogP contribution is 2.42. The van der Waals surface area contributed by atoms with Crippen LogP contribution in [0, 0.1) is 0 Å². The van der Waals surface area contributed by atoms with Crippen molar-refractivity contribution in [1.29, 1.82) is 0 Å². The Kier molecular flexibility index (Phi) is 4.18. The number of hydrogen-bond acceptors (Lipinski definition) is 4. The van der Waals surface area contributed by atoms with Gasteiger partial charge < -0.3 is 19.5 Å². The highest BCUT2D eigenvalue weighted by molar-refractivity contribution is 5.57. The Morgan fingerprint density at radius 1 is 1.13 bits per heavy atom. The molecule has 4 heteroatoms. The summed E-state index contributed by atoms with van der Waals surface area (Å²) in [6, 6.07) is 14.1. The first-order chi connectivity index (χ1) is 11.0. The van der Waals surface area contributed by atoms with E-state index >= 15 is 0 Å². The summed E-state index contributed by atoms with van der Waals surface area (Å²) < 4.78 is 17.3. The summed E-state index contributed by atoms with van der Waals surface area (Å²) in [5.74, 6) is 1.46. The van der Waals surface area contributed by atoms with Crippen LogP contribution in [0.25, 0.3) is 0 Å². The van der Waals surface area contributed by atoms with Crippen LogP contribution in [-0.4, -0.2) is 13.7 Å². The number of benzene rings is 2. The molecule has 0 saturated heterocycles. The molecule has 0 aromatic heterocycles. The molecule has 2 aromatic rings. The first-order valence-electron chi connectivity index (χ1n) is 7.89. The highest BCUT2D eigenvalue weighted by Gasteiger charge is 2.34. The minimum Gasteiger partial charge on any atom is -0.493 e. The number of anilines is 1. The number of rotatable bonds is 4. The molecular weight excluding hydrogens is 290 g/mol. The lowest BCUT2D eigenvalue weighted by atomic mass is 9.93. The van der Waals surface area contributed by atoms with E-state index in [9.17, 15) is 0 Å². The fraction of sp³-hybridized carbons (Fsp3) is 0.368. The maximum atomic E-state index is 6.28. The lowest BCUT2D eigenvalue weighted by molar-refractivity contribution is -0.0734. The molecule has 2 aromatic carbocycles. The van der Waals surface area contributed by atoms with Gasteiger partial charge in [-0.05, 0) is 39.0 Å². The predicted octanol–water partition coefficient (Wildman–Crippen LogP) is 4.47. The summed E-state index contributed by atoms with van der Waals surface area (Å²) >= 11 is 0. The van der Waals surface area contributed by atoms with Crippen LogP contribution >= 0.6 is 0 Å². The Balaban J connectivity index is 1.94. The lowest BCUT2D eigenvalue weighted by Crippen LogP contribution is -2.34. The van der Waals surface area contributed by atoms with Crippen molar-refractivity contribution in [3.8, 4) is 11.5 Å². The fourth-order valence-electron chi connectivity index (χ4n) is 2.94. The molecule has 3 rings (SSSR count). The second kappa shape index (κ2) is 6.13. The van der Waals surface area contributed by atoms with Crippen molar-refractivity contribution in [2.24, 2.45) is 0 Å². The Hall–Kier alpha value is -2.20. The predicted molar refractivity (Wildman–Crippen MR) is 91.1 cm³/mol. The molecule has 1 unspecified atom stereocenters. The summed E-state index contributed by atoms with van der Waals surface area (Å²) in [5.41, 5.74) is 2.90. The quantitative estimate of drug-likeness (QED) is 0.904. The van der Waals surface area contributed by atoms with E-state index < -0.39 is 0 Å². The van der Waals surface area contributed by atoms with Gasteiger partial charge in [-0.1, -0.05) is 24.3 Å². The van der Waals surface area contributed by atoms with Crippen molar-refractivity contribution in [3.63, 3.8) is 0 Å². The molecule has 1 aliphatic rings. The molecule has 0 fully saturated rings. The molecule has 122 valence electrons. The van der Waals surface area contributed by atoms with Gasteiger partial charge in [-0.15, -0.1) is 0 Å². The van der Waals surface area contributed by atoms with E-state index in [0.717, 1.165) is 22.6 Å². The van der Waals surface area contributed by atoms with Crippen molar-refractivity contribution in [3.05, 3.63) is 53.6 Å². The number of nitrogens with one attached hydrogen (secondary N) is 1. The third-order valence-electron chi connectivity index (χ3n) is 4.07. The highest BCUT2D eigenvalue weighted by atomic mass is 16.5. The molecule has 0 saturated carbocycles. The molecule has 0 amide bonds. The summed E-state index contributed by atoms with van der Waals surface area (Å²) in [6.45, 7) is 6.74. The van der Waals surface area contributed by atoms with Crippen molar-refractivity contribution in [2.75, 3.05) is 19.0 Å². The molecule has 1 N–H and O–H groups in total. The SMILES string of the molecule is CCOc1ccc(C2Nc3ccccc3C(C)(C)O2)cc1OC. The summed E-state index contributed by atoms with van der Waals surface area (Å²) in [7, 11) is 1.65. The molecule has 0 aliphatic carbocycles. The Bertz CT molecular complexity index is 697. The maximum Gasteiger partial charge on any atom is 0.161 e. The second-order valence-electron chi connectivity index (χ2n) is 6.04. The fourth-order valence-corrected chi connectivity index (χ4v) is 2.94. The van der Waals surface area contributed by atoms with Gasteiger partial charge in [-0.25, -0.2) is 0 Å². The summed E-state index contributed by atoms with van der Waals surface area (Å²) in [4.78, 5) is 0. The van der Waals surface area contributed by atoms with Crippen LogP contribution < -0.4 is 14.8 Å². The van der Waals surface area contributed by atoms with Gasteiger partial charge in [0.05, 0.1) is 19.3 Å². The van der Waals surface area contributed by atoms with E-state index in [0.29, 0.717) is 12.4 Å². The molecule has 0 bridgehead atoms. The number of hydrogen-bond donors (Lipinski definition) is 1. The number of fused-ring (bicyclic) bond motifs is 1. The largest absolute Gasteiger partial charge is 0.493 e. The Morgan fingerprint density at radius 2 is 1.91 bits per heavy atom. The Morgan fingerprint density at radius 3 is 2.65 bits per heavy atom. The van der Waals surface area contributed by atoms with Crippen molar-refractivity contribution in [1.82, 2.24) is 0 Å². The zero-order valence-electron chi connectivity index (χ0n) is 14.1. The van der Waals surface area contributed by atoms with Crippen LogP contribution in [0.2, 0.25) is 0 Å². The van der Waals surface area contributed by atoms with E-state index in [1.54, 1.807) is 7.11 Å². The van der Waals surface area contributed by atoms with Gasteiger partial charge >= 0.3 is 0 Å². The lowest BCUT2D eigenvalue weighted by Gasteiger charge is -2.39. The molecule has 23 heavy (non-hydrogen) atoms. The topological polar surface area (TPSA) is 39.7 Å². The molecule has 1 heterocycles. The minimum absolute atomic E-state index is 0.232. The Labute approximate surface area is 137 Å². The van der Waals surface area contributed by atoms with E-state index in [1.165, 1.54) is 0 Å². The van der Waals surface area contributed by atoms with Crippen molar-refractivity contribution in [2.45, 2.75) is 32.6 Å². The summed E-state index contributed by atoms with van der Waals surface area (Å²) in [5, 5.41) is 3.45. The van der Waals surface area contributed by atoms with Gasteiger partial charge in [0.15, 0.2) is 17.7 Å². The van der Waals surface area contributed by atoms with Crippen LogP contribution in [0.4, 0.5) is 5.69 Å². The van der Waals surface area contributed by atoms with Crippen LogP contribution in [0.5, 0.6) is 11.5 Å². The molecule has 4 nitrogen and oxygen atoms in total. The van der Waals surface area contributed by atoms with Gasteiger partial charge in [-0.3, -0.25) is 0 Å². The maximum absolute atomic E-state index is 6.28. The normalized spacial score (nSPS) is 18.7. The van der Waals surface area contributed by atoms with Gasteiger partial charge in [-0.2, -0.15) is 0 Å². The van der Waals surface area contributed by atoms with Gasteiger partial charge in [0, 0.05) is 16.8 Å². The minimum atomic E-state index is -0.363. The molecular formula is C19H23NO3. The first kappa shape index (κ1) is 15.7. The van der Waals surface area contributed by atoms with E-state index in [2.05, 4.69) is 31.3 Å². The molecule has 1 aliphatic heterocycles. The number of methoxy groups -OCH3 is 1. The van der Waals surface area contributed by atoms with E-state index in [-0.39, 0.29) is 11.8 Å². The standard InChI is InChI=1S/C19H23NO3/c1-5-22-16-11-10-13(12-17(16)21-4)18-20-15-9-7-6-8-14(15)19(2,3)23-18/h6-12,18,20H,5H2,1-4H3. The van der Waals surface area contributed by atoms with Crippen LogP contribution in [-0.2, 0) is 10.3 Å². The molecule has 0 radical (unpaired) electrons. The van der Waals surface area contributed by atoms with Crippen molar-refractivity contribution >= 4 is 5.69 Å². The smallest absolute Gasteiger partial charge is 0.161 e. The monoisotopic (exact) mass is 313 g/mol. The average Bonchev–Trinajstić information content (AvgIpc) is 2.55. The third-order valence-corrected chi connectivity index (χ3v) is 4.07. The first-order valence-corrected chi connectivity index (χ1v) is 7.89. The molecule has 1 atom stereocenters. The number of para-hydroxylation sites is 1. The third kappa shape index (κ3) is 2.99. The number of ether oxygens (including phenoxy) is 3.